The molecule has 0 saturated carbocycles. The Bertz CT molecular complexity index is 307. The Morgan fingerprint density at radius 3 is 2.60 bits per heavy atom. The van der Waals surface area contributed by atoms with Crippen LogP contribution in [0.5, 0.6) is 0 Å². The Morgan fingerprint density at radius 1 is 1.47 bits per heavy atom. The molecule has 84 valence electrons. The smallest absolute Gasteiger partial charge is 0.194 e. The zero-order valence-corrected chi connectivity index (χ0v) is 11.4. The molecule has 1 aromatic rings. The van der Waals surface area contributed by atoms with Crippen LogP contribution in [0, 0.1) is 9.75 Å². The van der Waals surface area contributed by atoms with E-state index < -0.39 is 0 Å². The molecule has 0 bridgehead atoms. The van der Waals surface area contributed by atoms with Gasteiger partial charge in [-0.1, -0.05) is 20.8 Å². The first-order valence-corrected chi connectivity index (χ1v) is 6.17. The second kappa shape index (κ2) is 5.48. The number of hydrogen-bond donors (Lipinski definition) is 2. The van der Waals surface area contributed by atoms with Crippen molar-refractivity contribution < 1.29 is 0 Å². The van der Waals surface area contributed by atoms with Crippen molar-refractivity contribution >= 4 is 34.2 Å². The number of nitrogen functional groups attached to an aromatic ring is 1. The predicted molar refractivity (Wildman–Crippen MR) is 71.7 cm³/mol. The van der Waals surface area contributed by atoms with E-state index in [0.717, 1.165) is 12.2 Å². The van der Waals surface area contributed by atoms with Crippen LogP contribution in [0.15, 0.2) is 6.07 Å². The number of aromatic nitrogens is 2. The molecule has 1 unspecified atom stereocenters. The second-order valence-electron chi connectivity index (χ2n) is 3.85. The molecule has 3 N–H and O–H groups in total. The van der Waals surface area contributed by atoms with Gasteiger partial charge in [0.2, 0.25) is 0 Å². The van der Waals surface area contributed by atoms with E-state index in [-0.39, 0.29) is 0 Å². The number of nitrogens with two attached hydrogens (primary N) is 1. The molecule has 0 amide bonds. The van der Waals surface area contributed by atoms with Gasteiger partial charge < -0.3 is 11.1 Å². The fourth-order valence-corrected chi connectivity index (χ4v) is 1.98. The van der Waals surface area contributed by atoms with E-state index in [0.29, 0.717) is 21.6 Å². The molecule has 0 aliphatic heterocycles. The van der Waals surface area contributed by atoms with Crippen LogP contribution < -0.4 is 11.1 Å². The van der Waals surface area contributed by atoms with Crippen LogP contribution in [0.3, 0.4) is 0 Å². The SMILES string of the molecule is CCC(Nc1cc(N)nc(I)n1)C(C)C. The number of anilines is 2. The number of hydrogen-bond acceptors (Lipinski definition) is 4. The van der Waals surface area contributed by atoms with Crippen LogP contribution in [0.1, 0.15) is 27.2 Å². The Labute approximate surface area is 104 Å². The zero-order chi connectivity index (χ0) is 11.4. The third-order valence-electron chi connectivity index (χ3n) is 2.30. The normalized spacial score (nSPS) is 12.9. The van der Waals surface area contributed by atoms with Gasteiger partial charge in [0, 0.05) is 34.7 Å². The molecule has 0 spiro atoms. The van der Waals surface area contributed by atoms with E-state index in [1.54, 1.807) is 6.07 Å². The van der Waals surface area contributed by atoms with Crippen molar-refractivity contribution in [3.63, 3.8) is 0 Å². The van der Waals surface area contributed by atoms with Crippen LogP contribution in [-0.4, -0.2) is 16.0 Å². The molecular formula is C10H17IN4. The molecule has 1 atom stereocenters. The predicted octanol–water partition coefficient (Wildman–Crippen LogP) is 2.51. The summed E-state index contributed by atoms with van der Waals surface area (Å²) in [5, 5.41) is 3.37. The van der Waals surface area contributed by atoms with Crippen molar-refractivity contribution in [2.24, 2.45) is 5.92 Å². The van der Waals surface area contributed by atoms with Crippen LogP contribution >= 0.6 is 22.6 Å². The fourth-order valence-electron chi connectivity index (χ4n) is 1.44. The maximum Gasteiger partial charge on any atom is 0.194 e. The lowest BCUT2D eigenvalue weighted by atomic mass is 10.0. The van der Waals surface area contributed by atoms with Crippen molar-refractivity contribution in [3.8, 4) is 0 Å². The first-order valence-electron chi connectivity index (χ1n) is 5.09. The molecule has 0 saturated heterocycles. The first kappa shape index (κ1) is 12.5. The van der Waals surface area contributed by atoms with Crippen LogP contribution in [0.2, 0.25) is 0 Å². The standard InChI is InChI=1S/C10H17IN4/c1-4-7(6(2)3)13-9-5-8(12)14-10(11)15-9/h5-7H,4H2,1-3H3,(H3,12,13,14,15). The summed E-state index contributed by atoms with van der Waals surface area (Å²) in [5.41, 5.74) is 5.66. The third-order valence-corrected chi connectivity index (χ3v) is 2.78. The van der Waals surface area contributed by atoms with Crippen LogP contribution in [0.4, 0.5) is 11.6 Å². The van der Waals surface area contributed by atoms with E-state index in [1.807, 2.05) is 0 Å². The van der Waals surface area contributed by atoms with Gasteiger partial charge in [-0.05, 0) is 12.3 Å². The summed E-state index contributed by atoms with van der Waals surface area (Å²) in [6.07, 6.45) is 1.07. The monoisotopic (exact) mass is 320 g/mol. The summed E-state index contributed by atoms with van der Waals surface area (Å²) >= 11 is 2.07. The molecule has 1 aromatic heterocycles. The van der Waals surface area contributed by atoms with Gasteiger partial charge in [-0.3, -0.25) is 0 Å². The average Bonchev–Trinajstić information content (AvgIpc) is 2.12. The van der Waals surface area contributed by atoms with Crippen LogP contribution in [0.25, 0.3) is 0 Å². The van der Waals surface area contributed by atoms with Crippen molar-refractivity contribution in [2.75, 3.05) is 11.1 Å². The average molecular weight is 320 g/mol. The molecule has 0 aromatic carbocycles. The molecule has 0 radical (unpaired) electrons. The quantitative estimate of drug-likeness (QED) is 0.661. The highest BCUT2D eigenvalue weighted by molar-refractivity contribution is 14.1. The molecule has 15 heavy (non-hydrogen) atoms. The van der Waals surface area contributed by atoms with Gasteiger partial charge in [-0.25, -0.2) is 9.97 Å². The van der Waals surface area contributed by atoms with Crippen molar-refractivity contribution in [3.05, 3.63) is 9.90 Å². The summed E-state index contributed by atoms with van der Waals surface area (Å²) in [4.78, 5) is 8.31. The van der Waals surface area contributed by atoms with Crippen molar-refractivity contribution in [1.29, 1.82) is 0 Å². The van der Waals surface area contributed by atoms with Gasteiger partial charge in [0.15, 0.2) is 3.83 Å². The van der Waals surface area contributed by atoms with Crippen LogP contribution in [-0.2, 0) is 0 Å². The minimum atomic E-state index is 0.426. The fraction of sp³-hybridized carbons (Fsp3) is 0.600. The largest absolute Gasteiger partial charge is 0.384 e. The lowest BCUT2D eigenvalue weighted by Gasteiger charge is -2.21. The van der Waals surface area contributed by atoms with Gasteiger partial charge in [-0.15, -0.1) is 0 Å². The summed E-state index contributed by atoms with van der Waals surface area (Å²) in [7, 11) is 0. The van der Waals surface area contributed by atoms with E-state index in [4.69, 9.17) is 5.73 Å². The Kier molecular flexibility index (Phi) is 4.56. The zero-order valence-electron chi connectivity index (χ0n) is 9.29. The Hall–Kier alpha value is -0.590. The number of nitrogens with zero attached hydrogens (tertiary/aromatic N) is 2. The summed E-state index contributed by atoms with van der Waals surface area (Å²) < 4.78 is 0.675. The van der Waals surface area contributed by atoms with Crippen molar-refractivity contribution in [1.82, 2.24) is 9.97 Å². The topological polar surface area (TPSA) is 63.8 Å². The van der Waals surface area contributed by atoms with Gasteiger partial charge in [0.1, 0.15) is 11.6 Å². The van der Waals surface area contributed by atoms with Gasteiger partial charge in [-0.2, -0.15) is 0 Å². The molecule has 4 nitrogen and oxygen atoms in total. The molecular weight excluding hydrogens is 303 g/mol. The highest BCUT2D eigenvalue weighted by atomic mass is 127. The van der Waals surface area contributed by atoms with E-state index in [2.05, 4.69) is 58.6 Å². The highest BCUT2D eigenvalue weighted by Crippen LogP contribution is 2.15. The maximum absolute atomic E-state index is 5.66. The van der Waals surface area contributed by atoms with E-state index >= 15 is 0 Å². The van der Waals surface area contributed by atoms with Crippen molar-refractivity contribution in [2.45, 2.75) is 33.2 Å². The molecule has 1 rings (SSSR count). The first-order chi connectivity index (χ1) is 7.02. The maximum atomic E-state index is 5.66. The summed E-state index contributed by atoms with van der Waals surface area (Å²) in [5.74, 6) is 1.90. The second-order valence-corrected chi connectivity index (χ2v) is 4.82. The van der Waals surface area contributed by atoms with E-state index in [9.17, 15) is 0 Å². The molecule has 0 fully saturated rings. The number of halogens is 1. The Balaban J connectivity index is 2.79. The summed E-state index contributed by atoms with van der Waals surface area (Å²) in [6.45, 7) is 6.54. The van der Waals surface area contributed by atoms with E-state index in [1.165, 1.54) is 0 Å². The highest BCUT2D eigenvalue weighted by Gasteiger charge is 2.11. The molecule has 5 heteroatoms. The van der Waals surface area contributed by atoms with Gasteiger partial charge >= 0.3 is 0 Å². The lowest BCUT2D eigenvalue weighted by molar-refractivity contribution is 0.509. The van der Waals surface area contributed by atoms with Gasteiger partial charge in [0.05, 0.1) is 0 Å². The summed E-state index contributed by atoms with van der Waals surface area (Å²) in [6, 6.07) is 2.20. The van der Waals surface area contributed by atoms with Gasteiger partial charge in [0.25, 0.3) is 0 Å². The number of nitrogens with one attached hydrogen (secondary N) is 1. The molecule has 1 heterocycles. The minimum Gasteiger partial charge on any atom is -0.384 e. The minimum absolute atomic E-state index is 0.426. The number of rotatable bonds is 4. The molecule has 0 aliphatic carbocycles. The molecule has 0 aliphatic rings. The lowest BCUT2D eigenvalue weighted by Crippen LogP contribution is -2.25. The Morgan fingerprint density at radius 2 is 2.13 bits per heavy atom. The third kappa shape index (κ3) is 3.81.